The molecule has 0 aliphatic carbocycles. The van der Waals surface area contributed by atoms with Crippen LogP contribution in [-0.4, -0.2) is 62.8 Å². The minimum Gasteiger partial charge on any atom is -0.394 e. The summed E-state index contributed by atoms with van der Waals surface area (Å²) >= 11 is 0. The molecule has 0 aliphatic heterocycles. The van der Waals surface area contributed by atoms with Gasteiger partial charge in [-0.1, -0.05) is 0 Å². The highest BCUT2D eigenvalue weighted by Crippen LogP contribution is 2.00. The average molecular weight is 182 g/mol. The molecule has 6 heteroatoms. The first kappa shape index (κ1) is 11.5. The van der Waals surface area contributed by atoms with Gasteiger partial charge in [0.15, 0.2) is 5.78 Å². The minimum atomic E-state index is -1.86. The number of hydrogen-bond donors (Lipinski definition) is 5. The molecule has 3 atom stereocenters. The monoisotopic (exact) mass is 182 g/mol. The van der Waals surface area contributed by atoms with E-state index in [1.807, 2.05) is 0 Å². The van der Waals surface area contributed by atoms with Gasteiger partial charge in [-0.15, -0.1) is 0 Å². The number of hydrogen-bond acceptors (Lipinski definition) is 6. The van der Waals surface area contributed by atoms with Crippen molar-refractivity contribution < 1.29 is 30.3 Å². The smallest absolute Gasteiger partial charge is 0.189 e. The average Bonchev–Trinajstić information content (AvgIpc) is 2.12. The van der Waals surface area contributed by atoms with E-state index >= 15 is 0 Å². The Morgan fingerprint density at radius 1 is 1.33 bits per heavy atom. The van der Waals surface area contributed by atoms with Crippen LogP contribution < -0.4 is 0 Å². The molecule has 0 saturated heterocycles. The fourth-order valence-electron chi connectivity index (χ4n) is 0.602. The molecule has 6 nitrogen and oxygen atoms in total. The van der Waals surface area contributed by atoms with E-state index in [2.05, 4.69) is 0 Å². The van der Waals surface area contributed by atoms with E-state index in [1.54, 1.807) is 0 Å². The van der Waals surface area contributed by atoms with Crippen molar-refractivity contribution in [2.75, 3.05) is 13.2 Å². The van der Waals surface area contributed by atoms with Crippen molar-refractivity contribution in [2.45, 2.75) is 18.3 Å². The van der Waals surface area contributed by atoms with Crippen LogP contribution in [0, 0.1) is 0 Å². The Morgan fingerprint density at radius 2 is 1.83 bits per heavy atom. The molecule has 0 aromatic rings. The van der Waals surface area contributed by atoms with Crippen LogP contribution in [0.15, 0.2) is 0 Å². The van der Waals surface area contributed by atoms with E-state index in [0.717, 1.165) is 0 Å². The molecule has 72 valence electrons. The summed E-state index contributed by atoms with van der Waals surface area (Å²) in [5.74, 6) is -1.00. The third kappa shape index (κ3) is 2.84. The van der Waals surface area contributed by atoms with Crippen LogP contribution in [0.3, 0.4) is 0 Å². The third-order valence-electron chi connectivity index (χ3n) is 1.39. The van der Waals surface area contributed by atoms with Gasteiger partial charge in [-0.05, 0) is 0 Å². The molecule has 0 unspecified atom stereocenters. The van der Waals surface area contributed by atoms with Crippen molar-refractivity contribution >= 4 is 5.78 Å². The van der Waals surface area contributed by atoms with Gasteiger partial charge in [-0.25, -0.2) is 0 Å². The van der Waals surface area contributed by atoms with E-state index in [4.69, 9.17) is 25.5 Å². The molecule has 0 aromatic heterocycles. The Balaban J connectivity index is 4.08. The van der Waals surface area contributed by atoms with Gasteiger partial charge in [-0.2, -0.15) is 0 Å². The lowest BCUT2D eigenvalue weighted by atomic mass is 10.1. The Hall–Kier alpha value is -0.530. The molecule has 0 aliphatic rings. The Kier molecular flexibility index (Phi) is 4.95. The summed E-state index contributed by atoms with van der Waals surface area (Å²) in [6.07, 6.45) is -5.22. The lowest BCUT2D eigenvalue weighted by Gasteiger charge is -2.19. The van der Waals surface area contributed by atoms with Crippen molar-refractivity contribution in [3.8, 4) is 0 Å². The normalized spacial score (nSPS) is 18.4. The second-order valence-electron chi connectivity index (χ2n) is 2.31. The first-order valence-electron chi connectivity index (χ1n) is 3.33. The zero-order valence-electron chi connectivity index (χ0n) is 6.29. The predicted octanol–water partition coefficient (Wildman–Crippen LogP) is -3.38. The van der Waals surface area contributed by atoms with E-state index < -0.39 is 37.3 Å². The second-order valence-corrected chi connectivity index (χ2v) is 2.31. The molecule has 5 N–H and O–H groups in total. The van der Waals surface area contributed by atoms with Crippen molar-refractivity contribution in [1.82, 2.24) is 0 Å². The summed E-state index contributed by atoms with van der Waals surface area (Å²) in [4.78, 5) is 10.5. The van der Waals surface area contributed by atoms with Gasteiger partial charge in [0.1, 0.15) is 24.9 Å². The number of carbonyl (C=O) groups excluding carboxylic acids is 1. The fraction of sp³-hybridized carbons (Fsp3) is 0.833. The van der Waals surface area contributed by atoms with Gasteiger partial charge in [0, 0.05) is 0 Å². The third-order valence-corrected chi connectivity index (χ3v) is 1.39. The summed E-state index contributed by atoms with van der Waals surface area (Å²) in [5.41, 5.74) is 0. The quantitative estimate of drug-likeness (QED) is 0.283. The maximum Gasteiger partial charge on any atom is 0.189 e. The lowest BCUT2D eigenvalue weighted by Crippen LogP contribution is -2.44. The van der Waals surface area contributed by atoms with E-state index in [0.29, 0.717) is 0 Å². The van der Waals surface area contributed by atoms with Crippen LogP contribution in [0.5, 0.6) is 0 Å². The van der Waals surface area contributed by atoms with E-state index in [1.165, 1.54) is 0 Å². The Bertz CT molecular complexity index is 147. The van der Waals surface area contributed by atoms with Gasteiger partial charge in [0.25, 0.3) is 0 Å². The van der Waals surface area contributed by atoms with Crippen LogP contribution in [0.25, 0.3) is 0 Å². The first-order chi connectivity index (χ1) is 5.54. The highest BCUT2D eigenvalue weighted by Gasteiger charge is 2.28. The van der Waals surface area contributed by atoms with Crippen molar-refractivity contribution in [3.63, 3.8) is 0 Å². The topological polar surface area (TPSA) is 118 Å². The van der Waals surface area contributed by atoms with Crippen LogP contribution in [0.2, 0.25) is 0 Å². The molecule has 0 aromatic carbocycles. The lowest BCUT2D eigenvalue weighted by molar-refractivity contribution is -0.142. The number of rotatable bonds is 5. The van der Waals surface area contributed by atoms with Gasteiger partial charge >= 0.3 is 0 Å². The van der Waals surface area contributed by atoms with Gasteiger partial charge in [0.05, 0.1) is 6.61 Å². The number of ketones is 1. The molecule has 0 bridgehead atoms. The van der Waals surface area contributed by atoms with Gasteiger partial charge in [-0.3, -0.25) is 4.79 Å². The SMILES string of the molecule is O=C(CO)[C@@H](O)[C@H](O)[C@H]([18OH])CO. The minimum absolute atomic E-state index is 0.767. The Morgan fingerprint density at radius 3 is 2.17 bits per heavy atom. The maximum absolute atomic E-state index is 10.5. The first-order valence-corrected chi connectivity index (χ1v) is 3.33. The van der Waals surface area contributed by atoms with Crippen molar-refractivity contribution in [1.29, 1.82) is 0 Å². The molecule has 0 fully saturated rings. The molecule has 0 amide bonds. The van der Waals surface area contributed by atoms with Gasteiger partial charge < -0.3 is 25.5 Å². The number of carbonyl (C=O) groups is 1. The molecule has 0 rings (SSSR count). The summed E-state index contributed by atoms with van der Waals surface area (Å²) < 4.78 is 0. The van der Waals surface area contributed by atoms with Crippen LogP contribution in [-0.2, 0) is 4.79 Å². The standard InChI is InChI=1S/C6H12O6/c7-1-3(9)5(11)6(12)4(10)2-8/h3,5-9,11-12H,1-2H2/t3-,5-,6-/m1/s1/i9+2. The summed E-state index contributed by atoms with van der Waals surface area (Å²) in [6, 6.07) is 0. The predicted molar refractivity (Wildman–Crippen MR) is 37.2 cm³/mol. The fourth-order valence-corrected chi connectivity index (χ4v) is 0.602. The highest BCUT2D eigenvalue weighted by molar-refractivity contribution is 5.84. The molecule has 0 saturated carbocycles. The summed E-state index contributed by atoms with van der Waals surface area (Å²) in [5, 5.41) is 43.1. The zero-order chi connectivity index (χ0) is 9.72. The number of aliphatic hydroxyl groups excluding tert-OH is 5. The van der Waals surface area contributed by atoms with Crippen LogP contribution in [0.4, 0.5) is 0 Å². The van der Waals surface area contributed by atoms with E-state index in [9.17, 15) is 4.79 Å². The summed E-state index contributed by atoms with van der Waals surface area (Å²) in [7, 11) is 0. The molecular formula is C6H12O6. The van der Waals surface area contributed by atoms with Gasteiger partial charge in [0.2, 0.25) is 0 Å². The zero-order valence-corrected chi connectivity index (χ0v) is 6.29. The number of aliphatic hydroxyl groups is 5. The van der Waals surface area contributed by atoms with Crippen LogP contribution in [0.1, 0.15) is 0 Å². The summed E-state index contributed by atoms with van der Waals surface area (Å²) in [6.45, 7) is -1.69. The maximum atomic E-state index is 10.5. The largest absolute Gasteiger partial charge is 0.394 e. The second kappa shape index (κ2) is 5.18. The van der Waals surface area contributed by atoms with Crippen molar-refractivity contribution in [2.24, 2.45) is 0 Å². The Labute approximate surface area is 68.7 Å². The molecule has 0 radical (unpaired) electrons. The van der Waals surface area contributed by atoms with Crippen molar-refractivity contribution in [3.05, 3.63) is 0 Å². The number of Topliss-reactive ketones (excluding diaryl/α,β-unsaturated/α-hetero) is 1. The van der Waals surface area contributed by atoms with Crippen LogP contribution >= 0.6 is 0 Å². The molecule has 12 heavy (non-hydrogen) atoms. The molecule has 0 spiro atoms. The molecule has 0 heterocycles. The van der Waals surface area contributed by atoms with E-state index in [-0.39, 0.29) is 0 Å². The molecular weight excluding hydrogens is 170 g/mol. The highest BCUT2D eigenvalue weighted by atomic mass is 18.2.